The first-order valence-corrected chi connectivity index (χ1v) is 6.55. The minimum Gasteiger partial charge on any atom is -0.437 e. The third-order valence-electron chi connectivity index (χ3n) is 2.66. The second-order valence-corrected chi connectivity index (χ2v) is 4.91. The Balaban J connectivity index is 2.57. The van der Waals surface area contributed by atoms with Crippen LogP contribution in [0.25, 0.3) is 11.3 Å². The highest BCUT2D eigenvalue weighted by molar-refractivity contribution is 6.34. The summed E-state index contributed by atoms with van der Waals surface area (Å²) in [5.74, 6) is -0.978. The van der Waals surface area contributed by atoms with Crippen LogP contribution in [-0.2, 0) is 4.74 Å². The average molecular weight is 346 g/mol. The van der Waals surface area contributed by atoms with Gasteiger partial charge in [0.2, 0.25) is 5.88 Å². The van der Waals surface area contributed by atoms with Crippen molar-refractivity contribution in [3.63, 3.8) is 0 Å². The van der Waals surface area contributed by atoms with Gasteiger partial charge < -0.3 is 20.9 Å². The predicted octanol–water partition coefficient (Wildman–Crippen LogP) is 3.50. The number of pyridine rings is 1. The van der Waals surface area contributed by atoms with E-state index in [4.69, 9.17) is 39.4 Å². The molecule has 0 bridgehead atoms. The molecule has 22 heavy (non-hydrogen) atoms. The van der Waals surface area contributed by atoms with Gasteiger partial charge in [0.1, 0.15) is 10.8 Å². The maximum Gasteiger partial charge on any atom is 0.514 e. The van der Waals surface area contributed by atoms with E-state index < -0.39 is 12.0 Å². The molecule has 4 N–H and O–H groups in total. The molecule has 9 heteroatoms. The lowest BCUT2D eigenvalue weighted by molar-refractivity contribution is 0.120. The summed E-state index contributed by atoms with van der Waals surface area (Å²) in [6, 6.07) is 3.65. The first kappa shape index (κ1) is 16.1. The molecule has 0 aliphatic rings. The van der Waals surface area contributed by atoms with Crippen LogP contribution in [0.3, 0.4) is 0 Å². The zero-order chi connectivity index (χ0) is 16.4. The summed E-state index contributed by atoms with van der Waals surface area (Å²) in [7, 11) is 1.11. The molecule has 0 aliphatic heterocycles. The van der Waals surface area contributed by atoms with Gasteiger partial charge in [0.15, 0.2) is 0 Å². The third-order valence-corrected chi connectivity index (χ3v) is 3.37. The Hall–Kier alpha value is -2.25. The van der Waals surface area contributed by atoms with E-state index in [1.807, 2.05) is 0 Å². The molecule has 116 valence electrons. The van der Waals surface area contributed by atoms with Crippen molar-refractivity contribution in [3.05, 3.63) is 34.1 Å². The maximum absolute atomic E-state index is 14.0. The Morgan fingerprint density at radius 2 is 1.91 bits per heavy atom. The molecule has 6 nitrogen and oxygen atoms in total. The number of rotatable bonds is 2. The number of carbonyl (C=O) groups is 1. The lowest BCUT2D eigenvalue weighted by Gasteiger charge is -2.10. The molecule has 0 atom stereocenters. The van der Waals surface area contributed by atoms with Gasteiger partial charge in [-0.25, -0.2) is 14.2 Å². The van der Waals surface area contributed by atoms with E-state index in [0.717, 1.165) is 13.2 Å². The van der Waals surface area contributed by atoms with E-state index in [9.17, 15) is 9.18 Å². The number of hydrogen-bond donors (Lipinski definition) is 2. The SMILES string of the molecule is COC(=O)Oc1nc(-c2cc(N)c(Cl)cc2F)cc(N)c1Cl. The van der Waals surface area contributed by atoms with Crippen molar-refractivity contribution in [1.29, 1.82) is 0 Å². The molecule has 1 aromatic heterocycles. The summed E-state index contributed by atoms with van der Waals surface area (Å²) in [6.07, 6.45) is -1.04. The molecule has 0 amide bonds. The van der Waals surface area contributed by atoms with Crippen molar-refractivity contribution >= 4 is 40.7 Å². The highest BCUT2D eigenvalue weighted by Gasteiger charge is 2.18. The standard InChI is InChI=1S/C13H10Cl2FN3O3/c1-21-13(20)22-12-11(15)9(18)4-10(19-12)5-2-8(17)6(14)3-7(5)16/h2-4H,17H2,1H3,(H2,18,19). The quantitative estimate of drug-likeness (QED) is 0.638. The van der Waals surface area contributed by atoms with Gasteiger partial charge >= 0.3 is 6.16 Å². The second kappa shape index (κ2) is 6.25. The van der Waals surface area contributed by atoms with Crippen molar-refractivity contribution in [1.82, 2.24) is 4.98 Å². The van der Waals surface area contributed by atoms with E-state index in [0.29, 0.717) is 0 Å². The topological polar surface area (TPSA) is 100 Å². The average Bonchev–Trinajstić information content (AvgIpc) is 2.47. The Morgan fingerprint density at radius 1 is 1.23 bits per heavy atom. The summed E-state index contributed by atoms with van der Waals surface area (Å²) in [6.45, 7) is 0. The monoisotopic (exact) mass is 345 g/mol. The summed E-state index contributed by atoms with van der Waals surface area (Å²) in [4.78, 5) is 15.1. The van der Waals surface area contributed by atoms with Crippen LogP contribution < -0.4 is 16.2 Å². The fourth-order valence-electron chi connectivity index (χ4n) is 1.61. The minimum atomic E-state index is -1.04. The van der Waals surface area contributed by atoms with Gasteiger partial charge in [0.25, 0.3) is 0 Å². The fourth-order valence-corrected chi connectivity index (χ4v) is 1.90. The van der Waals surface area contributed by atoms with Crippen LogP contribution in [0.4, 0.5) is 20.6 Å². The summed E-state index contributed by atoms with van der Waals surface area (Å²) >= 11 is 11.6. The Kier molecular flexibility index (Phi) is 4.58. The van der Waals surface area contributed by atoms with E-state index in [-0.39, 0.29) is 38.6 Å². The smallest absolute Gasteiger partial charge is 0.437 e. The molecule has 0 unspecified atom stereocenters. The van der Waals surface area contributed by atoms with Gasteiger partial charge in [-0.15, -0.1) is 0 Å². The number of methoxy groups -OCH3 is 1. The first-order chi connectivity index (χ1) is 10.3. The molecule has 2 aromatic rings. The van der Waals surface area contributed by atoms with Crippen LogP contribution in [0, 0.1) is 5.82 Å². The minimum absolute atomic E-state index is 0.0278. The third kappa shape index (κ3) is 3.15. The predicted molar refractivity (Wildman–Crippen MR) is 81.5 cm³/mol. The summed E-state index contributed by atoms with van der Waals surface area (Å²) in [5, 5.41) is -0.0364. The van der Waals surface area contributed by atoms with E-state index in [1.54, 1.807) is 0 Å². The van der Waals surface area contributed by atoms with E-state index in [1.165, 1.54) is 12.1 Å². The van der Waals surface area contributed by atoms with Gasteiger partial charge in [-0.1, -0.05) is 23.2 Å². The van der Waals surface area contributed by atoms with Crippen LogP contribution in [-0.4, -0.2) is 18.2 Å². The number of hydrogen-bond acceptors (Lipinski definition) is 6. The highest BCUT2D eigenvalue weighted by Crippen LogP contribution is 2.35. The number of anilines is 2. The van der Waals surface area contributed by atoms with E-state index in [2.05, 4.69) is 9.72 Å². The molecule has 1 aromatic carbocycles. The van der Waals surface area contributed by atoms with Crippen molar-refractivity contribution in [2.75, 3.05) is 18.6 Å². The van der Waals surface area contributed by atoms with Crippen molar-refractivity contribution in [2.45, 2.75) is 0 Å². The van der Waals surface area contributed by atoms with Crippen LogP contribution in [0.5, 0.6) is 5.88 Å². The molecule has 0 aliphatic carbocycles. The summed E-state index contributed by atoms with van der Waals surface area (Å²) < 4.78 is 23.1. The number of carbonyl (C=O) groups excluding carboxylic acids is 1. The van der Waals surface area contributed by atoms with Crippen molar-refractivity contribution in [2.24, 2.45) is 0 Å². The van der Waals surface area contributed by atoms with Crippen LogP contribution >= 0.6 is 23.2 Å². The molecular formula is C13H10Cl2FN3O3. The Labute approximate surface area is 134 Å². The molecule has 1 heterocycles. The molecule has 2 rings (SSSR count). The molecule has 0 saturated heterocycles. The normalized spacial score (nSPS) is 10.4. The first-order valence-electron chi connectivity index (χ1n) is 5.80. The molecular weight excluding hydrogens is 336 g/mol. The van der Waals surface area contributed by atoms with Crippen LogP contribution in [0.2, 0.25) is 10.0 Å². The van der Waals surface area contributed by atoms with Gasteiger partial charge in [-0.3, -0.25) is 0 Å². The fraction of sp³-hybridized carbons (Fsp3) is 0.0769. The van der Waals surface area contributed by atoms with Crippen LogP contribution in [0.15, 0.2) is 18.2 Å². The van der Waals surface area contributed by atoms with E-state index >= 15 is 0 Å². The van der Waals surface area contributed by atoms with Gasteiger partial charge in [-0.05, 0) is 18.2 Å². The maximum atomic E-state index is 14.0. The summed E-state index contributed by atoms with van der Waals surface area (Å²) in [5.41, 5.74) is 11.7. The molecule has 0 radical (unpaired) electrons. The lowest BCUT2D eigenvalue weighted by atomic mass is 10.1. The highest BCUT2D eigenvalue weighted by atomic mass is 35.5. The van der Waals surface area contributed by atoms with Crippen molar-refractivity contribution < 1.29 is 18.7 Å². The Morgan fingerprint density at radius 3 is 2.55 bits per heavy atom. The zero-order valence-corrected chi connectivity index (χ0v) is 12.7. The number of nitrogen functional groups attached to an aromatic ring is 2. The van der Waals surface area contributed by atoms with Crippen molar-refractivity contribution in [3.8, 4) is 17.1 Å². The number of ether oxygens (including phenoxy) is 2. The van der Waals surface area contributed by atoms with Gasteiger partial charge in [-0.2, -0.15) is 0 Å². The number of nitrogens with zero attached hydrogens (tertiary/aromatic N) is 1. The molecule has 0 spiro atoms. The van der Waals surface area contributed by atoms with Crippen LogP contribution in [0.1, 0.15) is 0 Å². The number of nitrogens with two attached hydrogens (primary N) is 2. The molecule has 0 saturated carbocycles. The number of benzene rings is 1. The molecule has 0 fully saturated rings. The second-order valence-electron chi connectivity index (χ2n) is 4.13. The van der Waals surface area contributed by atoms with Gasteiger partial charge in [0, 0.05) is 5.56 Å². The lowest BCUT2D eigenvalue weighted by Crippen LogP contribution is -2.10. The number of aromatic nitrogens is 1. The Bertz CT molecular complexity index is 756. The van der Waals surface area contributed by atoms with Gasteiger partial charge in [0.05, 0.1) is 29.2 Å². The number of halogens is 3. The zero-order valence-electron chi connectivity index (χ0n) is 11.2. The largest absolute Gasteiger partial charge is 0.514 e.